The highest BCUT2D eigenvalue weighted by Gasteiger charge is 2.41. The average molecular weight is 472 g/mol. The molecule has 2 aromatic rings. The van der Waals surface area contributed by atoms with E-state index >= 15 is 0 Å². The number of benzene rings is 2. The molecule has 2 aliphatic heterocycles. The van der Waals surface area contributed by atoms with Crippen molar-refractivity contribution in [3.8, 4) is 5.75 Å². The Kier molecular flexibility index (Phi) is 7.36. The second kappa shape index (κ2) is 10.2. The number of carbonyl (C=O) groups is 1. The monoisotopic (exact) mass is 471 g/mol. The van der Waals surface area contributed by atoms with E-state index in [-0.39, 0.29) is 10.8 Å². The van der Waals surface area contributed by atoms with Gasteiger partial charge in [0.25, 0.3) is 0 Å². The summed E-state index contributed by atoms with van der Waals surface area (Å²) in [5.41, 5.74) is 1.76. The van der Waals surface area contributed by atoms with E-state index in [2.05, 4.69) is 4.90 Å². The molecule has 2 heterocycles. The lowest BCUT2D eigenvalue weighted by molar-refractivity contribution is -0.139. The maximum atomic E-state index is 13.7. The minimum Gasteiger partial charge on any atom is -0.497 e. The number of aryl methyl sites for hydroxylation is 1. The third-order valence-electron chi connectivity index (χ3n) is 6.51. The predicted octanol–water partition coefficient (Wildman–Crippen LogP) is 3.41. The van der Waals surface area contributed by atoms with Crippen molar-refractivity contribution in [2.45, 2.75) is 43.7 Å². The third kappa shape index (κ3) is 5.23. The zero-order chi connectivity index (χ0) is 23.4. The Labute approximate surface area is 197 Å². The highest BCUT2D eigenvalue weighted by atomic mass is 32.2. The fourth-order valence-corrected chi connectivity index (χ4v) is 6.30. The van der Waals surface area contributed by atoms with Crippen molar-refractivity contribution in [1.82, 2.24) is 14.1 Å². The van der Waals surface area contributed by atoms with Gasteiger partial charge in [-0.25, -0.2) is 8.42 Å². The Balaban J connectivity index is 1.69. The van der Waals surface area contributed by atoms with Crippen LogP contribution in [-0.2, 0) is 14.8 Å². The van der Waals surface area contributed by atoms with Crippen LogP contribution in [0.4, 0.5) is 0 Å². The van der Waals surface area contributed by atoms with E-state index in [1.54, 1.807) is 36.3 Å². The summed E-state index contributed by atoms with van der Waals surface area (Å²) in [7, 11) is -2.20. The lowest BCUT2D eigenvalue weighted by Crippen LogP contribution is -2.54. The SMILES string of the molecule is COc1ccc([C@@H]2N(C(=O)CN3CCCCC3)CCCN2S(=O)(=O)c2ccc(C)cc2)cc1. The van der Waals surface area contributed by atoms with Crippen LogP contribution < -0.4 is 4.74 Å². The Morgan fingerprint density at radius 2 is 1.58 bits per heavy atom. The Bertz CT molecular complexity index is 1050. The molecule has 0 aliphatic carbocycles. The summed E-state index contributed by atoms with van der Waals surface area (Å²) in [6, 6.07) is 14.2. The van der Waals surface area contributed by atoms with Crippen LogP contribution in [0.1, 0.15) is 43.0 Å². The van der Waals surface area contributed by atoms with Crippen molar-refractivity contribution in [1.29, 1.82) is 0 Å². The molecule has 33 heavy (non-hydrogen) atoms. The van der Waals surface area contributed by atoms with Crippen molar-refractivity contribution < 1.29 is 17.9 Å². The number of hydrogen-bond donors (Lipinski definition) is 0. The van der Waals surface area contributed by atoms with Gasteiger partial charge in [0.05, 0.1) is 18.6 Å². The normalized spacial score (nSPS) is 20.5. The van der Waals surface area contributed by atoms with Gasteiger partial charge in [0, 0.05) is 13.1 Å². The molecule has 0 radical (unpaired) electrons. The van der Waals surface area contributed by atoms with Gasteiger partial charge in [0.2, 0.25) is 15.9 Å². The lowest BCUT2D eigenvalue weighted by Gasteiger charge is -2.44. The van der Waals surface area contributed by atoms with Gasteiger partial charge in [-0.15, -0.1) is 0 Å². The number of amides is 1. The zero-order valence-corrected chi connectivity index (χ0v) is 20.3. The van der Waals surface area contributed by atoms with Crippen LogP contribution >= 0.6 is 0 Å². The second-order valence-corrected chi connectivity index (χ2v) is 10.7. The minimum absolute atomic E-state index is 0.0264. The van der Waals surface area contributed by atoms with Gasteiger partial charge in [-0.05, 0) is 69.1 Å². The zero-order valence-electron chi connectivity index (χ0n) is 19.4. The first kappa shape index (κ1) is 23.7. The minimum atomic E-state index is -3.80. The molecule has 1 atom stereocenters. The maximum absolute atomic E-state index is 13.7. The number of sulfonamides is 1. The van der Waals surface area contributed by atoms with E-state index in [1.807, 2.05) is 31.2 Å². The number of rotatable bonds is 6. The van der Waals surface area contributed by atoms with Gasteiger partial charge in [0.15, 0.2) is 0 Å². The first-order valence-electron chi connectivity index (χ1n) is 11.6. The largest absolute Gasteiger partial charge is 0.497 e. The summed E-state index contributed by atoms with van der Waals surface area (Å²) in [6.45, 7) is 4.98. The van der Waals surface area contributed by atoms with E-state index in [0.29, 0.717) is 31.8 Å². The van der Waals surface area contributed by atoms with Crippen molar-refractivity contribution in [3.63, 3.8) is 0 Å². The van der Waals surface area contributed by atoms with Crippen LogP contribution in [0.25, 0.3) is 0 Å². The summed E-state index contributed by atoms with van der Waals surface area (Å²) in [4.78, 5) is 17.6. The maximum Gasteiger partial charge on any atom is 0.245 e. The summed E-state index contributed by atoms with van der Waals surface area (Å²) < 4.78 is 34.2. The van der Waals surface area contributed by atoms with Crippen LogP contribution in [0.5, 0.6) is 5.75 Å². The number of nitrogens with zero attached hydrogens (tertiary/aromatic N) is 3. The highest BCUT2D eigenvalue weighted by Crippen LogP contribution is 2.35. The van der Waals surface area contributed by atoms with Gasteiger partial charge >= 0.3 is 0 Å². The summed E-state index contributed by atoms with van der Waals surface area (Å²) in [5, 5.41) is 0. The molecular formula is C25H33N3O4S. The summed E-state index contributed by atoms with van der Waals surface area (Å²) in [6.07, 6.45) is 3.31. The van der Waals surface area contributed by atoms with E-state index < -0.39 is 16.2 Å². The number of hydrogen-bond acceptors (Lipinski definition) is 5. The van der Waals surface area contributed by atoms with Gasteiger partial charge in [-0.1, -0.05) is 36.2 Å². The molecule has 0 aromatic heterocycles. The van der Waals surface area contributed by atoms with Gasteiger partial charge in [0.1, 0.15) is 11.9 Å². The average Bonchev–Trinajstić information content (AvgIpc) is 2.84. The Hall–Kier alpha value is -2.42. The molecule has 2 fully saturated rings. The topological polar surface area (TPSA) is 70.2 Å². The van der Waals surface area contributed by atoms with Crippen LogP contribution in [0.3, 0.4) is 0 Å². The Morgan fingerprint density at radius 3 is 2.21 bits per heavy atom. The lowest BCUT2D eigenvalue weighted by atomic mass is 10.1. The molecule has 0 N–H and O–H groups in total. The van der Waals surface area contributed by atoms with Crippen LogP contribution in [0, 0.1) is 6.92 Å². The van der Waals surface area contributed by atoms with E-state index in [4.69, 9.17) is 4.74 Å². The van der Waals surface area contributed by atoms with Gasteiger partial charge in [-0.2, -0.15) is 4.31 Å². The number of carbonyl (C=O) groups excluding carboxylic acids is 1. The van der Waals surface area contributed by atoms with Crippen molar-refractivity contribution in [2.75, 3.05) is 39.8 Å². The molecule has 2 saturated heterocycles. The molecule has 0 unspecified atom stereocenters. The predicted molar refractivity (Wildman–Crippen MR) is 127 cm³/mol. The molecule has 8 heteroatoms. The van der Waals surface area contributed by atoms with Crippen LogP contribution in [-0.4, -0.2) is 68.3 Å². The highest BCUT2D eigenvalue weighted by molar-refractivity contribution is 7.89. The molecule has 2 aromatic carbocycles. The van der Waals surface area contributed by atoms with E-state index in [9.17, 15) is 13.2 Å². The molecular weight excluding hydrogens is 438 g/mol. The molecule has 7 nitrogen and oxygen atoms in total. The van der Waals surface area contributed by atoms with E-state index in [0.717, 1.165) is 37.1 Å². The van der Waals surface area contributed by atoms with Crippen molar-refractivity contribution >= 4 is 15.9 Å². The smallest absolute Gasteiger partial charge is 0.245 e. The first-order valence-corrected chi connectivity index (χ1v) is 13.1. The van der Waals surface area contributed by atoms with Crippen LogP contribution in [0.15, 0.2) is 53.4 Å². The third-order valence-corrected chi connectivity index (χ3v) is 8.38. The number of likely N-dealkylation sites (tertiary alicyclic amines) is 1. The van der Waals surface area contributed by atoms with Gasteiger partial charge in [-0.3, -0.25) is 9.69 Å². The summed E-state index contributed by atoms with van der Waals surface area (Å²) >= 11 is 0. The fourth-order valence-electron chi connectivity index (χ4n) is 4.68. The van der Waals surface area contributed by atoms with Crippen molar-refractivity contribution in [2.24, 2.45) is 0 Å². The second-order valence-electron chi connectivity index (χ2n) is 8.85. The molecule has 4 rings (SSSR count). The molecule has 178 valence electrons. The van der Waals surface area contributed by atoms with E-state index in [1.165, 1.54) is 10.7 Å². The summed E-state index contributed by atoms with van der Waals surface area (Å²) in [5.74, 6) is 0.662. The molecule has 0 bridgehead atoms. The number of methoxy groups -OCH3 is 1. The molecule has 0 spiro atoms. The Morgan fingerprint density at radius 1 is 0.909 bits per heavy atom. The van der Waals surface area contributed by atoms with Gasteiger partial charge < -0.3 is 9.64 Å². The number of ether oxygens (including phenoxy) is 1. The van der Waals surface area contributed by atoms with Crippen molar-refractivity contribution in [3.05, 3.63) is 59.7 Å². The molecule has 0 saturated carbocycles. The quantitative estimate of drug-likeness (QED) is 0.646. The molecule has 1 amide bonds. The fraction of sp³-hybridized carbons (Fsp3) is 0.480. The molecule has 2 aliphatic rings. The number of piperidine rings is 1. The van der Waals surface area contributed by atoms with Crippen LogP contribution in [0.2, 0.25) is 0 Å². The standard InChI is InChI=1S/C25H33N3O4S/c1-20-7-13-23(14-8-20)33(30,31)28-18-6-17-27(24(29)19-26-15-4-3-5-16-26)25(28)21-9-11-22(32-2)12-10-21/h7-14,25H,3-6,15-19H2,1-2H3/t25-/m1/s1. The first-order chi connectivity index (χ1) is 15.9.